The molecule has 2 heterocycles. The largest absolute Gasteiger partial charge is 0.453 e. The lowest BCUT2D eigenvalue weighted by atomic mass is 9.42. The molecule has 0 radical (unpaired) electrons. The zero-order valence-corrected chi connectivity index (χ0v) is 18.1. The van der Waals surface area contributed by atoms with E-state index < -0.39 is 46.5 Å². The molecule has 2 aliphatic carbocycles. The lowest BCUT2D eigenvalue weighted by molar-refractivity contribution is -0.310. The van der Waals surface area contributed by atoms with E-state index in [1.807, 2.05) is 0 Å². The van der Waals surface area contributed by atoms with Crippen LogP contribution in [-0.4, -0.2) is 57.8 Å². The van der Waals surface area contributed by atoms with Crippen LogP contribution in [0.3, 0.4) is 0 Å². The van der Waals surface area contributed by atoms with Gasteiger partial charge in [0.05, 0.1) is 12.2 Å². The van der Waals surface area contributed by atoms with Gasteiger partial charge in [-0.05, 0) is 38.0 Å². The topological polar surface area (TPSA) is 102 Å². The van der Waals surface area contributed by atoms with Crippen LogP contribution in [-0.2, 0) is 23.8 Å². The third-order valence-electron chi connectivity index (χ3n) is 8.50. The molecule has 164 valence electrons. The summed E-state index contributed by atoms with van der Waals surface area (Å²) in [4.78, 5) is 25.6. The lowest BCUT2D eigenvalue weighted by Crippen LogP contribution is -2.78. The summed E-state index contributed by atoms with van der Waals surface area (Å²) in [5.74, 6) is -1.23. The van der Waals surface area contributed by atoms with Crippen LogP contribution in [0.1, 0.15) is 73.1 Å². The van der Waals surface area contributed by atoms with Crippen molar-refractivity contribution >= 4 is 11.8 Å². The molecule has 2 aliphatic heterocycles. The molecule has 7 atom stereocenters. The third kappa shape index (κ3) is 2.63. The quantitative estimate of drug-likeness (QED) is 0.638. The Kier molecular flexibility index (Phi) is 4.57. The Morgan fingerprint density at radius 1 is 1.10 bits per heavy atom. The van der Waals surface area contributed by atoms with Gasteiger partial charge in [-0.25, -0.2) is 0 Å². The molecule has 0 amide bonds. The number of fused-ring (bicyclic) bond motifs is 2. The molecule has 2 saturated heterocycles. The molecular weight excluding hydrogens is 376 g/mol. The van der Waals surface area contributed by atoms with Gasteiger partial charge in [-0.2, -0.15) is 0 Å². The molecule has 29 heavy (non-hydrogen) atoms. The van der Waals surface area contributed by atoms with Gasteiger partial charge in [-0.3, -0.25) is 9.59 Å². The maximum atomic E-state index is 13.5. The second-order valence-corrected chi connectivity index (χ2v) is 10.8. The van der Waals surface area contributed by atoms with E-state index in [9.17, 15) is 19.8 Å². The average Bonchev–Trinajstić information content (AvgIpc) is 3.16. The van der Waals surface area contributed by atoms with Gasteiger partial charge in [0.2, 0.25) is 0 Å². The summed E-state index contributed by atoms with van der Waals surface area (Å²) in [7, 11) is 0. The molecular formula is C22H34O7. The molecule has 4 rings (SSSR count). The number of carbonyl (C=O) groups excluding carboxylic acids is 2. The number of esters is 1. The number of hydrogen-bond donors (Lipinski definition) is 2. The van der Waals surface area contributed by atoms with Gasteiger partial charge in [0.1, 0.15) is 5.60 Å². The number of aliphatic hydroxyl groups is 2. The van der Waals surface area contributed by atoms with Crippen molar-refractivity contribution in [1.29, 1.82) is 0 Å². The van der Waals surface area contributed by atoms with Crippen LogP contribution in [0.15, 0.2) is 0 Å². The van der Waals surface area contributed by atoms with E-state index in [1.165, 1.54) is 6.92 Å². The van der Waals surface area contributed by atoms with E-state index in [-0.39, 0.29) is 17.8 Å². The third-order valence-corrected chi connectivity index (χ3v) is 8.50. The summed E-state index contributed by atoms with van der Waals surface area (Å²) >= 11 is 0. The Bertz CT molecular complexity index is 735. The molecule has 7 unspecified atom stereocenters. The van der Waals surface area contributed by atoms with E-state index in [1.54, 1.807) is 6.92 Å². The van der Waals surface area contributed by atoms with Gasteiger partial charge in [0, 0.05) is 24.7 Å². The zero-order chi connectivity index (χ0) is 21.5. The smallest absolute Gasteiger partial charge is 0.303 e. The molecule has 7 nitrogen and oxygen atoms in total. The number of ketones is 1. The van der Waals surface area contributed by atoms with E-state index in [0.717, 1.165) is 19.3 Å². The minimum Gasteiger partial charge on any atom is -0.453 e. The maximum absolute atomic E-state index is 13.5. The SMILES string of the molecule is CC(=O)OC1(C)C(O)C(=O)C2C(C)(C)CCCC2(C)C12CCC1(COC(O)C1)O2. The highest BCUT2D eigenvalue weighted by Gasteiger charge is 2.78. The minimum atomic E-state index is -1.51. The summed E-state index contributed by atoms with van der Waals surface area (Å²) in [6.07, 6.45) is 1.67. The molecule has 4 fully saturated rings. The number of aliphatic hydroxyl groups excluding tert-OH is 2. The molecule has 2 N–H and O–H groups in total. The van der Waals surface area contributed by atoms with Crippen molar-refractivity contribution in [2.75, 3.05) is 6.61 Å². The van der Waals surface area contributed by atoms with Crippen molar-refractivity contribution in [1.82, 2.24) is 0 Å². The molecule has 4 aliphatic rings. The van der Waals surface area contributed by atoms with Gasteiger partial charge in [-0.15, -0.1) is 0 Å². The lowest BCUT2D eigenvalue weighted by Gasteiger charge is -2.66. The van der Waals surface area contributed by atoms with Crippen LogP contribution >= 0.6 is 0 Å². The average molecular weight is 411 g/mol. The first-order valence-corrected chi connectivity index (χ1v) is 10.7. The Hall–Kier alpha value is -1.02. The van der Waals surface area contributed by atoms with E-state index >= 15 is 0 Å². The molecule has 0 aromatic rings. The first kappa shape index (κ1) is 21.2. The second-order valence-electron chi connectivity index (χ2n) is 10.8. The fraction of sp³-hybridized carbons (Fsp3) is 0.909. The molecule has 2 saturated carbocycles. The summed E-state index contributed by atoms with van der Waals surface area (Å²) in [6.45, 7) is 9.41. The van der Waals surface area contributed by atoms with Gasteiger partial charge in [0.25, 0.3) is 0 Å². The predicted molar refractivity (Wildman–Crippen MR) is 103 cm³/mol. The van der Waals surface area contributed by atoms with Crippen molar-refractivity contribution in [2.45, 2.75) is 102 Å². The second kappa shape index (κ2) is 6.25. The monoisotopic (exact) mass is 410 g/mol. The normalized spacial score (nSPS) is 51.4. The highest BCUT2D eigenvalue weighted by Crippen LogP contribution is 2.69. The van der Waals surface area contributed by atoms with Gasteiger partial charge in [-0.1, -0.05) is 27.2 Å². The van der Waals surface area contributed by atoms with Crippen LogP contribution in [0.25, 0.3) is 0 Å². The van der Waals surface area contributed by atoms with Crippen LogP contribution in [0.4, 0.5) is 0 Å². The molecule has 0 bridgehead atoms. The van der Waals surface area contributed by atoms with Crippen LogP contribution in [0.2, 0.25) is 0 Å². The van der Waals surface area contributed by atoms with Gasteiger partial charge < -0.3 is 24.4 Å². The van der Waals surface area contributed by atoms with Crippen molar-refractivity contribution in [3.63, 3.8) is 0 Å². The van der Waals surface area contributed by atoms with Crippen LogP contribution in [0.5, 0.6) is 0 Å². The molecule has 0 aromatic heterocycles. The van der Waals surface area contributed by atoms with Crippen LogP contribution in [0, 0.1) is 16.7 Å². The number of ether oxygens (including phenoxy) is 3. The summed E-state index contributed by atoms with van der Waals surface area (Å²) in [6, 6.07) is 0. The van der Waals surface area contributed by atoms with Crippen molar-refractivity contribution in [2.24, 2.45) is 16.7 Å². The Labute approximate surface area is 172 Å². The maximum Gasteiger partial charge on any atom is 0.303 e. The van der Waals surface area contributed by atoms with Crippen molar-refractivity contribution < 1.29 is 34.0 Å². The highest BCUT2D eigenvalue weighted by atomic mass is 16.7. The first-order chi connectivity index (χ1) is 13.3. The van der Waals surface area contributed by atoms with Gasteiger partial charge >= 0.3 is 5.97 Å². The summed E-state index contributed by atoms with van der Waals surface area (Å²) in [5, 5.41) is 21.3. The fourth-order valence-corrected chi connectivity index (χ4v) is 7.41. The standard InChI is InChI=1S/C22H34O7/c1-13(23)28-20(5)17(26)15(25)16-18(2,3)7-6-8-19(16,4)22(20)10-9-21(29-22)11-14(24)27-12-21/h14,16-17,24,26H,6-12H2,1-5H3. The summed E-state index contributed by atoms with van der Waals surface area (Å²) < 4.78 is 18.0. The predicted octanol–water partition coefficient (Wildman–Crippen LogP) is 2.11. The van der Waals surface area contributed by atoms with E-state index in [0.29, 0.717) is 19.3 Å². The Morgan fingerprint density at radius 2 is 1.79 bits per heavy atom. The van der Waals surface area contributed by atoms with E-state index in [2.05, 4.69) is 20.8 Å². The van der Waals surface area contributed by atoms with Gasteiger partial charge in [0.15, 0.2) is 23.8 Å². The Morgan fingerprint density at radius 3 is 2.38 bits per heavy atom. The molecule has 2 spiro atoms. The van der Waals surface area contributed by atoms with E-state index in [4.69, 9.17) is 14.2 Å². The van der Waals surface area contributed by atoms with Crippen molar-refractivity contribution in [3.8, 4) is 0 Å². The summed E-state index contributed by atoms with van der Waals surface area (Å²) in [5.41, 5.74) is -4.18. The number of rotatable bonds is 1. The first-order valence-electron chi connectivity index (χ1n) is 10.7. The molecule has 7 heteroatoms. The number of Topliss-reactive ketones (excluding diaryl/α,β-unsaturated/α-hetero) is 1. The number of carbonyl (C=O) groups is 2. The fourth-order valence-electron chi connectivity index (χ4n) is 7.41. The highest BCUT2D eigenvalue weighted by molar-refractivity contribution is 5.90. The molecule has 0 aromatic carbocycles. The Balaban J connectivity index is 1.90. The minimum absolute atomic E-state index is 0.250. The van der Waals surface area contributed by atoms with Crippen LogP contribution < -0.4 is 0 Å². The van der Waals surface area contributed by atoms with Crippen molar-refractivity contribution in [3.05, 3.63) is 0 Å². The zero-order valence-electron chi connectivity index (χ0n) is 18.1. The number of hydrogen-bond acceptors (Lipinski definition) is 7.